The first-order valence-electron chi connectivity index (χ1n) is 6.35. The molecule has 3 rings (SSSR count). The molecule has 96 valence electrons. The smallest absolute Gasteiger partial charge is 0.153 e. The summed E-state index contributed by atoms with van der Waals surface area (Å²) in [6.07, 6.45) is 0.844. The lowest BCUT2D eigenvalue weighted by molar-refractivity contribution is 0.112. The van der Waals surface area contributed by atoms with Gasteiger partial charge in [-0.25, -0.2) is 0 Å². The van der Waals surface area contributed by atoms with E-state index in [-0.39, 0.29) is 0 Å². The minimum atomic E-state index is 0.592. The highest BCUT2D eigenvalue weighted by Gasteiger charge is 2.15. The van der Waals surface area contributed by atoms with Gasteiger partial charge in [0.1, 0.15) is 5.75 Å². The molecule has 0 spiro atoms. The number of aromatic nitrogens is 1. The second kappa shape index (κ2) is 4.43. The maximum absolute atomic E-state index is 11.2. The number of methoxy groups -OCH3 is 1. The molecule has 3 nitrogen and oxygen atoms in total. The molecular formula is C16H15NO2. The Kier molecular flexibility index (Phi) is 2.75. The molecule has 0 bridgehead atoms. The first-order valence-corrected chi connectivity index (χ1v) is 6.35. The standard InChI is InChI=1S/C16H15NO2/c1-3-17-13-7-5-4-6-12(13)15-14(17)9-8-11(10-18)16(15)19-2/h4-10H,3H2,1-2H3. The van der Waals surface area contributed by atoms with Crippen LogP contribution in [0.4, 0.5) is 0 Å². The molecule has 0 atom stereocenters. The van der Waals surface area contributed by atoms with Gasteiger partial charge in [0, 0.05) is 17.4 Å². The van der Waals surface area contributed by atoms with E-state index >= 15 is 0 Å². The van der Waals surface area contributed by atoms with Gasteiger partial charge in [0.05, 0.1) is 23.6 Å². The Bertz CT molecular complexity index is 771. The summed E-state index contributed by atoms with van der Waals surface area (Å²) in [5, 5.41) is 2.14. The zero-order valence-corrected chi connectivity index (χ0v) is 11.0. The summed E-state index contributed by atoms with van der Waals surface area (Å²) >= 11 is 0. The van der Waals surface area contributed by atoms with E-state index in [9.17, 15) is 4.79 Å². The summed E-state index contributed by atoms with van der Waals surface area (Å²) < 4.78 is 7.71. The Labute approximate surface area is 111 Å². The Balaban J connectivity index is 2.59. The molecule has 0 aliphatic rings. The molecule has 1 heterocycles. The van der Waals surface area contributed by atoms with Crippen LogP contribution in [-0.2, 0) is 6.54 Å². The first-order chi connectivity index (χ1) is 9.31. The molecule has 2 aromatic carbocycles. The van der Waals surface area contributed by atoms with E-state index in [1.54, 1.807) is 7.11 Å². The van der Waals surface area contributed by atoms with E-state index in [1.165, 1.54) is 5.52 Å². The normalized spacial score (nSPS) is 11.1. The summed E-state index contributed by atoms with van der Waals surface area (Å²) in [6, 6.07) is 12.0. The molecule has 0 radical (unpaired) electrons. The number of para-hydroxylation sites is 1. The summed E-state index contributed by atoms with van der Waals surface area (Å²) in [4.78, 5) is 11.2. The number of hydrogen-bond donors (Lipinski definition) is 0. The van der Waals surface area contributed by atoms with E-state index in [2.05, 4.69) is 23.6 Å². The van der Waals surface area contributed by atoms with Crippen molar-refractivity contribution in [2.24, 2.45) is 0 Å². The summed E-state index contributed by atoms with van der Waals surface area (Å²) in [7, 11) is 1.61. The van der Waals surface area contributed by atoms with Gasteiger partial charge in [-0.15, -0.1) is 0 Å². The van der Waals surface area contributed by atoms with Crippen LogP contribution in [0.2, 0.25) is 0 Å². The molecule has 19 heavy (non-hydrogen) atoms. The number of ether oxygens (including phenoxy) is 1. The molecular weight excluding hydrogens is 238 g/mol. The highest BCUT2D eigenvalue weighted by atomic mass is 16.5. The second-order valence-corrected chi connectivity index (χ2v) is 4.46. The largest absolute Gasteiger partial charge is 0.495 e. The van der Waals surface area contributed by atoms with Gasteiger partial charge < -0.3 is 9.30 Å². The molecule has 0 saturated carbocycles. The number of carbonyl (C=O) groups is 1. The summed E-state index contributed by atoms with van der Waals surface area (Å²) in [6.45, 7) is 3.00. The molecule has 3 aromatic rings. The maximum Gasteiger partial charge on any atom is 0.153 e. The number of aryl methyl sites for hydroxylation is 1. The van der Waals surface area contributed by atoms with E-state index in [0.29, 0.717) is 11.3 Å². The van der Waals surface area contributed by atoms with Crippen molar-refractivity contribution in [3.63, 3.8) is 0 Å². The van der Waals surface area contributed by atoms with Crippen molar-refractivity contribution < 1.29 is 9.53 Å². The number of benzene rings is 2. The summed E-state index contributed by atoms with van der Waals surface area (Å²) in [5.41, 5.74) is 2.86. The van der Waals surface area contributed by atoms with Crippen LogP contribution in [0.3, 0.4) is 0 Å². The molecule has 0 aliphatic heterocycles. The molecule has 0 unspecified atom stereocenters. The Morgan fingerprint density at radius 2 is 1.95 bits per heavy atom. The second-order valence-electron chi connectivity index (χ2n) is 4.46. The maximum atomic E-state index is 11.2. The highest BCUT2D eigenvalue weighted by molar-refractivity contribution is 6.13. The quantitative estimate of drug-likeness (QED) is 0.667. The van der Waals surface area contributed by atoms with Crippen LogP contribution in [-0.4, -0.2) is 18.0 Å². The minimum absolute atomic E-state index is 0.592. The van der Waals surface area contributed by atoms with Gasteiger partial charge in [0.2, 0.25) is 0 Å². The molecule has 1 aromatic heterocycles. The van der Waals surface area contributed by atoms with Crippen molar-refractivity contribution in [1.29, 1.82) is 0 Å². The summed E-state index contributed by atoms with van der Waals surface area (Å²) in [5.74, 6) is 0.663. The van der Waals surface area contributed by atoms with Gasteiger partial charge >= 0.3 is 0 Å². The Morgan fingerprint density at radius 3 is 2.63 bits per heavy atom. The van der Waals surface area contributed by atoms with E-state index in [4.69, 9.17) is 4.74 Å². The van der Waals surface area contributed by atoms with Crippen molar-refractivity contribution in [3.05, 3.63) is 42.0 Å². The van der Waals surface area contributed by atoms with Crippen LogP contribution in [0.15, 0.2) is 36.4 Å². The number of carbonyl (C=O) groups excluding carboxylic acids is 1. The lowest BCUT2D eigenvalue weighted by Crippen LogP contribution is -1.95. The predicted octanol–water partition coefficient (Wildman–Crippen LogP) is 3.64. The van der Waals surface area contributed by atoms with Gasteiger partial charge in [0.15, 0.2) is 6.29 Å². The van der Waals surface area contributed by atoms with Gasteiger partial charge in [-0.2, -0.15) is 0 Å². The SMILES string of the molecule is CCn1c2ccccc2c2c(OC)c(C=O)ccc21. The Morgan fingerprint density at radius 1 is 1.16 bits per heavy atom. The van der Waals surface area contributed by atoms with Gasteiger partial charge in [0.25, 0.3) is 0 Å². The predicted molar refractivity (Wildman–Crippen MR) is 77.1 cm³/mol. The van der Waals surface area contributed by atoms with Crippen molar-refractivity contribution in [1.82, 2.24) is 4.57 Å². The number of aldehydes is 1. The highest BCUT2D eigenvalue weighted by Crippen LogP contribution is 2.37. The molecule has 0 fully saturated rings. The average molecular weight is 253 g/mol. The number of fused-ring (bicyclic) bond motifs is 3. The molecule has 0 amide bonds. The zero-order valence-electron chi connectivity index (χ0n) is 11.0. The molecule has 0 N–H and O–H groups in total. The molecule has 0 saturated heterocycles. The monoisotopic (exact) mass is 253 g/mol. The number of nitrogens with zero attached hydrogens (tertiary/aromatic N) is 1. The minimum Gasteiger partial charge on any atom is -0.495 e. The van der Waals surface area contributed by atoms with Gasteiger partial charge in [-0.3, -0.25) is 4.79 Å². The number of hydrogen-bond acceptors (Lipinski definition) is 2. The average Bonchev–Trinajstić information content (AvgIpc) is 2.79. The lowest BCUT2D eigenvalue weighted by Gasteiger charge is -2.07. The first kappa shape index (κ1) is 11.8. The van der Waals surface area contributed by atoms with Crippen LogP contribution in [0, 0.1) is 0 Å². The third-order valence-corrected chi connectivity index (χ3v) is 3.57. The van der Waals surface area contributed by atoms with Gasteiger partial charge in [-0.05, 0) is 25.1 Å². The van der Waals surface area contributed by atoms with Crippen molar-refractivity contribution in [2.45, 2.75) is 13.5 Å². The fraction of sp³-hybridized carbons (Fsp3) is 0.188. The zero-order chi connectivity index (χ0) is 13.4. The topological polar surface area (TPSA) is 31.2 Å². The van der Waals surface area contributed by atoms with Crippen LogP contribution >= 0.6 is 0 Å². The Hall–Kier alpha value is -2.29. The number of rotatable bonds is 3. The van der Waals surface area contributed by atoms with E-state index in [1.807, 2.05) is 24.3 Å². The van der Waals surface area contributed by atoms with Gasteiger partial charge in [-0.1, -0.05) is 18.2 Å². The van der Waals surface area contributed by atoms with Crippen LogP contribution in [0.5, 0.6) is 5.75 Å². The third kappa shape index (κ3) is 1.55. The van der Waals surface area contributed by atoms with E-state index < -0.39 is 0 Å². The van der Waals surface area contributed by atoms with Crippen LogP contribution in [0.1, 0.15) is 17.3 Å². The van der Waals surface area contributed by atoms with Crippen LogP contribution < -0.4 is 4.74 Å². The third-order valence-electron chi connectivity index (χ3n) is 3.57. The molecule has 3 heteroatoms. The van der Waals surface area contributed by atoms with Crippen molar-refractivity contribution in [2.75, 3.05) is 7.11 Å². The van der Waals surface area contributed by atoms with E-state index in [0.717, 1.165) is 29.1 Å². The lowest BCUT2D eigenvalue weighted by atomic mass is 10.1. The fourth-order valence-electron chi connectivity index (χ4n) is 2.78. The van der Waals surface area contributed by atoms with Crippen LogP contribution in [0.25, 0.3) is 21.8 Å². The fourth-order valence-corrected chi connectivity index (χ4v) is 2.78. The molecule has 0 aliphatic carbocycles. The van der Waals surface area contributed by atoms with Crippen molar-refractivity contribution in [3.8, 4) is 5.75 Å². The van der Waals surface area contributed by atoms with Crippen molar-refractivity contribution >= 4 is 28.1 Å².